The summed E-state index contributed by atoms with van der Waals surface area (Å²) < 4.78 is 2.08. The van der Waals surface area contributed by atoms with Gasteiger partial charge in [0, 0.05) is 64.3 Å². The van der Waals surface area contributed by atoms with Crippen LogP contribution in [0.15, 0.2) is 48.2 Å². The van der Waals surface area contributed by atoms with E-state index in [0.717, 1.165) is 93.5 Å². The number of urea groups is 1. The number of piperidine rings is 1. The Balaban J connectivity index is 1.10. The molecule has 0 radical (unpaired) electrons. The number of aromatic nitrogens is 3. The zero-order valence-electron chi connectivity index (χ0n) is 23.9. The van der Waals surface area contributed by atoms with Crippen LogP contribution in [0, 0.1) is 11.8 Å². The van der Waals surface area contributed by atoms with Crippen LogP contribution in [0.25, 0.3) is 11.6 Å². The summed E-state index contributed by atoms with van der Waals surface area (Å²) in [6.07, 6.45) is 14.8. The first kappa shape index (κ1) is 26.3. The highest BCUT2D eigenvalue weighted by molar-refractivity contribution is 5.90. The molecule has 0 aromatic carbocycles. The third-order valence-corrected chi connectivity index (χ3v) is 8.43. The van der Waals surface area contributed by atoms with Gasteiger partial charge < -0.3 is 25.4 Å². The smallest absolute Gasteiger partial charge is 0.319 e. The molecule has 40 heavy (non-hydrogen) atoms. The van der Waals surface area contributed by atoms with Gasteiger partial charge in [-0.2, -0.15) is 5.10 Å². The molecule has 2 amide bonds. The Hall–Kier alpha value is -3.95. The summed E-state index contributed by atoms with van der Waals surface area (Å²) in [6, 6.07) is 4.38. The number of hydrogen-bond acceptors (Lipinski definition) is 7. The maximum atomic E-state index is 12.7. The van der Waals surface area contributed by atoms with Gasteiger partial charge in [0.05, 0.1) is 17.6 Å². The fourth-order valence-corrected chi connectivity index (χ4v) is 5.98. The fourth-order valence-electron chi connectivity index (χ4n) is 5.98. The lowest BCUT2D eigenvalue weighted by Gasteiger charge is -2.34. The Morgan fingerprint density at radius 1 is 1.10 bits per heavy atom. The number of pyridine rings is 1. The second kappa shape index (κ2) is 11.3. The van der Waals surface area contributed by atoms with Crippen molar-refractivity contribution in [3.05, 3.63) is 59.5 Å². The van der Waals surface area contributed by atoms with Gasteiger partial charge in [-0.3, -0.25) is 10.1 Å². The molecule has 10 heteroatoms. The van der Waals surface area contributed by atoms with Gasteiger partial charge in [-0.1, -0.05) is 13.8 Å². The van der Waals surface area contributed by atoms with E-state index in [4.69, 9.17) is 10.1 Å². The Bertz CT molecular complexity index is 1330. The number of fused-ring (bicyclic) bond motifs is 1. The van der Waals surface area contributed by atoms with Crippen LogP contribution in [-0.4, -0.2) is 70.4 Å². The predicted molar refractivity (Wildman–Crippen MR) is 159 cm³/mol. The molecule has 0 unspecified atom stereocenters. The van der Waals surface area contributed by atoms with Crippen LogP contribution >= 0.6 is 0 Å². The Morgan fingerprint density at radius 2 is 1.88 bits per heavy atom. The van der Waals surface area contributed by atoms with Crippen LogP contribution in [0.4, 0.5) is 16.3 Å². The first-order valence-corrected chi connectivity index (χ1v) is 14.6. The molecular weight excluding hydrogens is 502 g/mol. The first-order valence-electron chi connectivity index (χ1n) is 14.6. The van der Waals surface area contributed by atoms with E-state index >= 15 is 0 Å². The molecule has 0 spiro atoms. The van der Waals surface area contributed by atoms with Crippen LogP contribution < -0.4 is 21.1 Å². The van der Waals surface area contributed by atoms with Gasteiger partial charge in [-0.15, -0.1) is 0 Å². The molecule has 0 saturated carbocycles. The third-order valence-electron chi connectivity index (χ3n) is 8.43. The summed E-state index contributed by atoms with van der Waals surface area (Å²) in [5, 5.41) is 8.11. The zero-order valence-corrected chi connectivity index (χ0v) is 23.9. The molecule has 0 aliphatic carbocycles. The molecule has 2 aromatic rings. The number of likely N-dealkylation sites (tertiary alicyclic amines) is 2. The van der Waals surface area contributed by atoms with E-state index in [1.165, 1.54) is 11.1 Å². The second-order valence-corrected chi connectivity index (χ2v) is 11.7. The zero-order chi connectivity index (χ0) is 27.6. The maximum Gasteiger partial charge on any atom is 0.319 e. The average Bonchev–Trinajstić information content (AvgIpc) is 3.66. The summed E-state index contributed by atoms with van der Waals surface area (Å²) in [5.74, 6) is 2.64. The monoisotopic (exact) mass is 543 g/mol. The van der Waals surface area contributed by atoms with Crippen molar-refractivity contribution in [1.82, 2.24) is 35.4 Å². The number of rotatable bonds is 6. The summed E-state index contributed by atoms with van der Waals surface area (Å²) in [5.41, 5.74) is 11.9. The molecule has 4 aliphatic rings. The number of carbonyl (C=O) groups is 1. The second-order valence-electron chi connectivity index (χ2n) is 11.7. The maximum absolute atomic E-state index is 12.7. The molecule has 3 N–H and O–H groups in total. The molecule has 2 aromatic heterocycles. The highest BCUT2D eigenvalue weighted by Gasteiger charge is 2.28. The van der Waals surface area contributed by atoms with Crippen molar-refractivity contribution >= 4 is 29.2 Å². The number of amides is 2. The molecule has 6 rings (SSSR count). The van der Waals surface area contributed by atoms with E-state index in [1.807, 2.05) is 28.3 Å². The fraction of sp³-hybridized carbons (Fsp3) is 0.500. The van der Waals surface area contributed by atoms with Crippen molar-refractivity contribution in [1.29, 1.82) is 0 Å². The van der Waals surface area contributed by atoms with Crippen LogP contribution in [0.1, 0.15) is 50.8 Å². The molecule has 10 nitrogen and oxygen atoms in total. The van der Waals surface area contributed by atoms with Gasteiger partial charge in [0.15, 0.2) is 0 Å². The average molecular weight is 544 g/mol. The van der Waals surface area contributed by atoms with Gasteiger partial charge in [-0.05, 0) is 73.0 Å². The highest BCUT2D eigenvalue weighted by atomic mass is 16.2. The molecular formula is C30H41N9O. The number of hydrazine groups is 1. The SMILES string of the molecule is CC(C)C1=CNNC(Nc2ccc3c(n2)C=C(c2cnn(CC4CCN(C(=O)N5CCCC5)CC4)c2)CN3C)=C1. The van der Waals surface area contributed by atoms with Gasteiger partial charge in [-0.25, -0.2) is 9.78 Å². The lowest BCUT2D eigenvalue weighted by atomic mass is 9.97. The van der Waals surface area contributed by atoms with Crippen molar-refractivity contribution < 1.29 is 4.79 Å². The Labute approximate surface area is 236 Å². The van der Waals surface area contributed by atoms with Gasteiger partial charge in [0.25, 0.3) is 0 Å². The topological polar surface area (TPSA) is 93.6 Å². The number of hydrogen-bond donors (Lipinski definition) is 3. The van der Waals surface area contributed by atoms with Crippen molar-refractivity contribution in [3.63, 3.8) is 0 Å². The molecule has 2 saturated heterocycles. The first-order chi connectivity index (χ1) is 19.4. The number of nitrogens with zero attached hydrogens (tertiary/aromatic N) is 6. The molecule has 0 atom stereocenters. The third kappa shape index (κ3) is 5.66. The number of likely N-dealkylation sites (N-methyl/N-ethyl adjacent to an activating group) is 1. The molecule has 0 bridgehead atoms. The Kier molecular flexibility index (Phi) is 7.40. The van der Waals surface area contributed by atoms with E-state index < -0.39 is 0 Å². The summed E-state index contributed by atoms with van der Waals surface area (Å²) >= 11 is 0. The summed E-state index contributed by atoms with van der Waals surface area (Å²) in [6.45, 7) is 9.58. The lowest BCUT2D eigenvalue weighted by Crippen LogP contribution is -2.46. The Morgan fingerprint density at radius 3 is 2.65 bits per heavy atom. The van der Waals surface area contributed by atoms with Crippen LogP contribution in [0.3, 0.4) is 0 Å². The van der Waals surface area contributed by atoms with Gasteiger partial charge >= 0.3 is 6.03 Å². The summed E-state index contributed by atoms with van der Waals surface area (Å²) in [7, 11) is 2.11. The quantitative estimate of drug-likeness (QED) is 0.505. The van der Waals surface area contributed by atoms with E-state index in [9.17, 15) is 4.79 Å². The molecule has 4 aliphatic heterocycles. The number of nitrogens with one attached hydrogen (secondary N) is 3. The molecule has 6 heterocycles. The van der Waals surface area contributed by atoms with Gasteiger partial charge in [0.1, 0.15) is 11.6 Å². The number of anilines is 2. The minimum Gasteiger partial charge on any atom is -0.368 e. The van der Waals surface area contributed by atoms with E-state index in [1.54, 1.807) is 0 Å². The van der Waals surface area contributed by atoms with Crippen molar-refractivity contribution in [3.8, 4) is 0 Å². The largest absolute Gasteiger partial charge is 0.368 e. The number of carbonyl (C=O) groups excluding carboxylic acids is 1. The minimum absolute atomic E-state index is 0.235. The highest BCUT2D eigenvalue weighted by Crippen LogP contribution is 2.32. The lowest BCUT2D eigenvalue weighted by molar-refractivity contribution is 0.136. The number of allylic oxidation sites excluding steroid dienone is 2. The normalized spacial score (nSPS) is 19.5. The van der Waals surface area contributed by atoms with Crippen LogP contribution in [0.2, 0.25) is 0 Å². The van der Waals surface area contributed by atoms with Crippen molar-refractivity contribution in [2.75, 3.05) is 50.0 Å². The molecule has 212 valence electrons. The minimum atomic E-state index is 0.235. The van der Waals surface area contributed by atoms with Crippen LogP contribution in [0.5, 0.6) is 0 Å². The van der Waals surface area contributed by atoms with Crippen molar-refractivity contribution in [2.45, 2.75) is 46.1 Å². The van der Waals surface area contributed by atoms with E-state index in [2.05, 4.69) is 71.1 Å². The van der Waals surface area contributed by atoms with E-state index in [0.29, 0.717) is 11.8 Å². The summed E-state index contributed by atoms with van der Waals surface area (Å²) in [4.78, 5) is 24.0. The standard InChI is InChI=1S/C30H41N9O/c1-21(2)23-15-29(35-31-16-23)34-28-7-6-27-26(33-28)14-24(19-36(27)3)25-17-32-39(20-25)18-22-8-12-38(13-9-22)30(40)37-10-4-5-11-37/h6-7,14-17,20-22,31,35H,4-5,8-13,18-19H2,1-3H3,(H,33,34). The van der Waals surface area contributed by atoms with Crippen LogP contribution in [-0.2, 0) is 6.54 Å². The van der Waals surface area contributed by atoms with Gasteiger partial charge in [0.2, 0.25) is 0 Å². The molecule has 2 fully saturated rings. The van der Waals surface area contributed by atoms with Crippen molar-refractivity contribution in [2.24, 2.45) is 11.8 Å². The van der Waals surface area contributed by atoms with E-state index in [-0.39, 0.29) is 6.03 Å². The predicted octanol–water partition coefficient (Wildman–Crippen LogP) is 4.10.